The first-order valence-electron chi connectivity index (χ1n) is 10.8. The Morgan fingerprint density at radius 1 is 0.897 bits per heavy atom. The minimum Gasteiger partial charge on any atom is -0.309 e. The lowest BCUT2D eigenvalue weighted by molar-refractivity contribution is 0.0897. The Bertz CT molecular complexity index is 866. The summed E-state index contributed by atoms with van der Waals surface area (Å²) in [5.41, 5.74) is 1.52. The number of benzene rings is 1. The van der Waals surface area contributed by atoms with Crippen LogP contribution in [0.1, 0.15) is 43.2 Å². The molecule has 2 aliphatic heterocycles. The van der Waals surface area contributed by atoms with E-state index in [4.69, 9.17) is 0 Å². The molecule has 2 saturated heterocycles. The van der Waals surface area contributed by atoms with E-state index in [0.29, 0.717) is 19.1 Å². The number of nitroso groups, excluding NO2 is 1. The molecule has 0 bridgehead atoms. The second-order valence-corrected chi connectivity index (χ2v) is 8.30. The highest BCUT2D eigenvalue weighted by Gasteiger charge is 2.26. The van der Waals surface area contributed by atoms with E-state index >= 15 is 0 Å². The monoisotopic (exact) mass is 394 g/mol. The zero-order chi connectivity index (χ0) is 20.1. The van der Waals surface area contributed by atoms with Crippen molar-refractivity contribution >= 4 is 5.69 Å². The van der Waals surface area contributed by atoms with E-state index in [-0.39, 0.29) is 11.2 Å². The summed E-state index contributed by atoms with van der Waals surface area (Å²) in [6.45, 7) is 5.56. The number of rotatable bonds is 6. The van der Waals surface area contributed by atoms with Gasteiger partial charge in [-0.15, -0.1) is 4.91 Å². The van der Waals surface area contributed by atoms with Crippen LogP contribution < -0.4 is 5.56 Å². The van der Waals surface area contributed by atoms with Crippen LogP contribution in [0.15, 0.2) is 52.6 Å². The van der Waals surface area contributed by atoms with Crippen molar-refractivity contribution in [3.05, 3.63) is 69.0 Å². The summed E-state index contributed by atoms with van der Waals surface area (Å²) >= 11 is 0. The van der Waals surface area contributed by atoms with E-state index in [0.717, 1.165) is 37.1 Å². The summed E-state index contributed by atoms with van der Waals surface area (Å²) in [5, 5.41) is 3.11. The summed E-state index contributed by atoms with van der Waals surface area (Å²) in [6, 6.07) is 12.4. The Hall–Kier alpha value is -2.31. The van der Waals surface area contributed by atoms with Gasteiger partial charge in [-0.1, -0.05) is 36.8 Å². The fraction of sp³-hybridized carbons (Fsp3) is 0.522. The highest BCUT2D eigenvalue weighted by molar-refractivity contribution is 5.43. The van der Waals surface area contributed by atoms with Gasteiger partial charge in [0.05, 0.1) is 6.54 Å². The van der Waals surface area contributed by atoms with Crippen LogP contribution in [0.5, 0.6) is 0 Å². The van der Waals surface area contributed by atoms with Crippen LogP contribution >= 0.6 is 0 Å². The Morgan fingerprint density at radius 3 is 2.31 bits per heavy atom. The Morgan fingerprint density at radius 2 is 1.62 bits per heavy atom. The van der Waals surface area contributed by atoms with Gasteiger partial charge in [0.15, 0.2) is 5.69 Å². The summed E-state index contributed by atoms with van der Waals surface area (Å²) in [4.78, 5) is 29.2. The van der Waals surface area contributed by atoms with E-state index in [1.54, 1.807) is 10.8 Å². The van der Waals surface area contributed by atoms with Crippen molar-refractivity contribution in [2.45, 2.75) is 51.2 Å². The van der Waals surface area contributed by atoms with Crippen LogP contribution in [-0.4, -0.2) is 46.6 Å². The van der Waals surface area contributed by atoms with Gasteiger partial charge in [0, 0.05) is 24.3 Å². The molecule has 0 saturated carbocycles. The number of hydrogen-bond donors (Lipinski definition) is 0. The normalized spacial score (nSPS) is 19.3. The lowest BCUT2D eigenvalue weighted by atomic mass is 9.99. The fourth-order valence-corrected chi connectivity index (χ4v) is 4.70. The van der Waals surface area contributed by atoms with Crippen LogP contribution in [0.2, 0.25) is 0 Å². The van der Waals surface area contributed by atoms with Gasteiger partial charge in [-0.3, -0.25) is 9.69 Å². The maximum Gasteiger partial charge on any atom is 0.280 e. The molecule has 0 unspecified atom stereocenters. The standard InChI is InChI=1S/C23H30N4O2/c28-23-22(24-29)20(9-16-27(23)17-19-7-3-1-4-8-19)18-25-14-10-21(11-15-25)26-12-5-2-6-13-26/h1,3-4,7-9,16,21H,2,5-6,10-15,17-18H2. The largest absolute Gasteiger partial charge is 0.309 e. The molecule has 154 valence electrons. The quantitative estimate of drug-likeness (QED) is 0.700. The van der Waals surface area contributed by atoms with Gasteiger partial charge in [-0.05, 0) is 68.7 Å². The van der Waals surface area contributed by atoms with Crippen molar-refractivity contribution < 1.29 is 0 Å². The summed E-state index contributed by atoms with van der Waals surface area (Å²) < 4.78 is 1.57. The molecule has 0 N–H and O–H groups in total. The maximum absolute atomic E-state index is 12.8. The third-order valence-corrected chi connectivity index (χ3v) is 6.37. The molecule has 2 aromatic rings. The van der Waals surface area contributed by atoms with Crippen LogP contribution in [0.25, 0.3) is 0 Å². The van der Waals surface area contributed by atoms with Crippen molar-refractivity contribution in [2.24, 2.45) is 5.18 Å². The highest BCUT2D eigenvalue weighted by atomic mass is 16.3. The average molecular weight is 395 g/mol. The van der Waals surface area contributed by atoms with E-state index < -0.39 is 0 Å². The van der Waals surface area contributed by atoms with Crippen LogP contribution in [0.4, 0.5) is 5.69 Å². The first-order chi connectivity index (χ1) is 14.2. The van der Waals surface area contributed by atoms with Gasteiger partial charge in [0.25, 0.3) is 5.56 Å². The fourth-order valence-electron chi connectivity index (χ4n) is 4.70. The SMILES string of the molecule is O=Nc1c(CN2CCC(N3CCCCC3)CC2)ccn(Cc2ccccc2)c1=O. The van der Waals surface area contributed by atoms with E-state index in [1.165, 1.54) is 32.4 Å². The van der Waals surface area contributed by atoms with Crippen molar-refractivity contribution in [1.29, 1.82) is 0 Å². The van der Waals surface area contributed by atoms with Crippen LogP contribution in [0, 0.1) is 4.91 Å². The van der Waals surface area contributed by atoms with E-state index in [2.05, 4.69) is 15.0 Å². The second kappa shape index (κ2) is 9.46. The molecule has 0 amide bonds. The van der Waals surface area contributed by atoms with Gasteiger partial charge in [0.2, 0.25) is 0 Å². The third kappa shape index (κ3) is 4.82. The smallest absolute Gasteiger partial charge is 0.280 e. The molecule has 1 aromatic carbocycles. The third-order valence-electron chi connectivity index (χ3n) is 6.37. The number of hydrogen-bond acceptors (Lipinski definition) is 5. The molecule has 2 fully saturated rings. The molecular formula is C23H30N4O2. The molecule has 6 nitrogen and oxygen atoms in total. The molecule has 4 rings (SSSR count). The first-order valence-corrected chi connectivity index (χ1v) is 10.8. The first kappa shape index (κ1) is 20.0. The number of pyridine rings is 1. The molecule has 29 heavy (non-hydrogen) atoms. The molecule has 0 aliphatic carbocycles. The van der Waals surface area contributed by atoms with Crippen LogP contribution in [0.3, 0.4) is 0 Å². The highest BCUT2D eigenvalue weighted by Crippen LogP contribution is 2.23. The topological polar surface area (TPSA) is 57.9 Å². The number of aromatic nitrogens is 1. The maximum atomic E-state index is 12.8. The predicted molar refractivity (Wildman–Crippen MR) is 115 cm³/mol. The average Bonchev–Trinajstić information content (AvgIpc) is 2.78. The Balaban J connectivity index is 1.40. The van der Waals surface area contributed by atoms with Gasteiger partial charge < -0.3 is 9.47 Å². The molecule has 0 spiro atoms. The lowest BCUT2D eigenvalue weighted by Gasteiger charge is -2.40. The predicted octanol–water partition coefficient (Wildman–Crippen LogP) is 3.74. The number of nitrogens with zero attached hydrogens (tertiary/aromatic N) is 4. The molecule has 0 radical (unpaired) electrons. The Kier molecular flexibility index (Phi) is 6.52. The van der Waals surface area contributed by atoms with Gasteiger partial charge in [-0.2, -0.15) is 0 Å². The van der Waals surface area contributed by atoms with Crippen molar-refractivity contribution in [2.75, 3.05) is 26.2 Å². The molecule has 3 heterocycles. The molecule has 2 aliphatic rings. The van der Waals surface area contributed by atoms with Crippen molar-refractivity contribution in [1.82, 2.24) is 14.4 Å². The van der Waals surface area contributed by atoms with Crippen molar-refractivity contribution in [3.8, 4) is 0 Å². The second-order valence-electron chi connectivity index (χ2n) is 8.30. The van der Waals surface area contributed by atoms with E-state index in [1.807, 2.05) is 36.4 Å². The molecule has 1 aromatic heterocycles. The molecule has 6 heteroatoms. The minimum absolute atomic E-state index is 0.0570. The Labute approximate surface area is 172 Å². The van der Waals surface area contributed by atoms with Gasteiger partial charge >= 0.3 is 0 Å². The summed E-state index contributed by atoms with van der Waals surface area (Å²) in [6.07, 6.45) is 8.14. The summed E-state index contributed by atoms with van der Waals surface area (Å²) in [5.74, 6) is 0. The van der Waals surface area contributed by atoms with Gasteiger partial charge in [0.1, 0.15) is 0 Å². The zero-order valence-electron chi connectivity index (χ0n) is 17.0. The minimum atomic E-state index is -0.301. The summed E-state index contributed by atoms with van der Waals surface area (Å²) in [7, 11) is 0. The lowest BCUT2D eigenvalue weighted by Crippen LogP contribution is -2.46. The van der Waals surface area contributed by atoms with Gasteiger partial charge in [-0.25, -0.2) is 0 Å². The van der Waals surface area contributed by atoms with Crippen LogP contribution in [-0.2, 0) is 13.1 Å². The number of likely N-dealkylation sites (tertiary alicyclic amines) is 2. The molecular weight excluding hydrogens is 364 g/mol. The van der Waals surface area contributed by atoms with Crippen molar-refractivity contribution in [3.63, 3.8) is 0 Å². The zero-order valence-corrected chi connectivity index (χ0v) is 17.0. The number of piperidine rings is 2. The van der Waals surface area contributed by atoms with E-state index in [9.17, 15) is 9.70 Å². The molecule has 0 atom stereocenters.